The van der Waals surface area contributed by atoms with Crippen LogP contribution in [0.5, 0.6) is 5.75 Å². The highest BCUT2D eigenvalue weighted by molar-refractivity contribution is 7.80. The van der Waals surface area contributed by atoms with Gasteiger partial charge in [0.15, 0.2) is 5.11 Å². The number of hydrogen-bond donors (Lipinski definition) is 1. The van der Waals surface area contributed by atoms with Crippen LogP contribution in [-0.4, -0.2) is 21.8 Å². The molecular weight excluding hydrogens is 452 g/mol. The van der Waals surface area contributed by atoms with Gasteiger partial charge in [-0.15, -0.1) is 0 Å². The molecule has 4 aromatic rings. The third-order valence-electron chi connectivity index (χ3n) is 6.82. The highest BCUT2D eigenvalue weighted by Crippen LogP contribution is 2.43. The van der Waals surface area contributed by atoms with Crippen molar-refractivity contribution in [2.75, 3.05) is 12.0 Å². The second-order valence-electron chi connectivity index (χ2n) is 8.88. The summed E-state index contributed by atoms with van der Waals surface area (Å²) in [7, 11) is 1.70. The zero-order valence-corrected chi connectivity index (χ0v) is 21.3. The van der Waals surface area contributed by atoms with E-state index in [0.29, 0.717) is 5.11 Å². The lowest BCUT2D eigenvalue weighted by Crippen LogP contribution is -2.29. The minimum Gasteiger partial charge on any atom is -0.497 e. The number of aromatic nitrogens is 2. The van der Waals surface area contributed by atoms with Gasteiger partial charge in [0.1, 0.15) is 5.75 Å². The van der Waals surface area contributed by atoms with Gasteiger partial charge in [0, 0.05) is 35.0 Å². The summed E-state index contributed by atoms with van der Waals surface area (Å²) in [6, 6.07) is 25.1. The standard InChI is InChI=1S/C29H30N4OS/c1-5-21-12-14-22(15-13-21)33-28(27(31-29(33)35)26-11-6-7-16-30-26)25-17-19(2)32(20(25)3)23-9-8-10-24(18-23)34-4/h6-18,27-28H,5H2,1-4H3,(H,31,35)/t27-,28+/m1/s1. The van der Waals surface area contributed by atoms with Crippen molar-refractivity contribution in [3.05, 3.63) is 107 Å². The van der Waals surface area contributed by atoms with Crippen molar-refractivity contribution >= 4 is 23.0 Å². The second kappa shape index (κ2) is 9.55. The number of anilines is 1. The third kappa shape index (κ3) is 4.19. The van der Waals surface area contributed by atoms with E-state index >= 15 is 0 Å². The maximum absolute atomic E-state index is 5.91. The molecule has 2 atom stereocenters. The first-order chi connectivity index (χ1) is 17.0. The van der Waals surface area contributed by atoms with E-state index in [9.17, 15) is 0 Å². The summed E-state index contributed by atoms with van der Waals surface area (Å²) in [6.07, 6.45) is 2.85. The molecule has 0 bridgehead atoms. The lowest BCUT2D eigenvalue weighted by molar-refractivity contribution is 0.414. The second-order valence-corrected chi connectivity index (χ2v) is 9.27. The molecular formula is C29H30N4OS. The Morgan fingerprint density at radius 1 is 0.971 bits per heavy atom. The molecule has 1 aliphatic rings. The average molecular weight is 483 g/mol. The van der Waals surface area contributed by atoms with E-state index in [-0.39, 0.29) is 12.1 Å². The monoisotopic (exact) mass is 482 g/mol. The number of hydrogen-bond acceptors (Lipinski definition) is 3. The predicted octanol–water partition coefficient (Wildman–Crippen LogP) is 6.24. The average Bonchev–Trinajstić information content (AvgIpc) is 3.39. The van der Waals surface area contributed by atoms with Crippen LogP contribution in [0.4, 0.5) is 5.69 Å². The minimum absolute atomic E-state index is 0.0459. The van der Waals surface area contributed by atoms with Gasteiger partial charge in [-0.3, -0.25) is 4.98 Å². The van der Waals surface area contributed by atoms with Crippen molar-refractivity contribution in [1.29, 1.82) is 0 Å². The van der Waals surface area contributed by atoms with Gasteiger partial charge in [0.05, 0.1) is 24.9 Å². The van der Waals surface area contributed by atoms with Crippen LogP contribution < -0.4 is 15.0 Å². The molecule has 0 aliphatic carbocycles. The van der Waals surface area contributed by atoms with Gasteiger partial charge in [0.25, 0.3) is 0 Å². The number of thiocarbonyl (C=S) groups is 1. The molecule has 2 aromatic carbocycles. The fourth-order valence-electron chi connectivity index (χ4n) is 5.08. The van der Waals surface area contributed by atoms with Crippen LogP contribution in [0, 0.1) is 13.8 Å². The molecule has 0 spiro atoms. The van der Waals surface area contributed by atoms with E-state index in [1.807, 2.05) is 30.5 Å². The van der Waals surface area contributed by atoms with E-state index in [2.05, 4.69) is 84.1 Å². The van der Waals surface area contributed by atoms with E-state index in [1.165, 1.54) is 16.8 Å². The number of benzene rings is 2. The van der Waals surface area contributed by atoms with Crippen molar-refractivity contribution in [2.45, 2.75) is 39.3 Å². The molecule has 0 saturated carbocycles. The molecule has 35 heavy (non-hydrogen) atoms. The summed E-state index contributed by atoms with van der Waals surface area (Å²) < 4.78 is 7.77. The Kier molecular flexibility index (Phi) is 6.31. The predicted molar refractivity (Wildman–Crippen MR) is 146 cm³/mol. The summed E-state index contributed by atoms with van der Waals surface area (Å²) in [5, 5.41) is 4.28. The van der Waals surface area contributed by atoms with Crippen LogP contribution in [0.15, 0.2) is 79.0 Å². The van der Waals surface area contributed by atoms with Crippen LogP contribution in [0.2, 0.25) is 0 Å². The molecule has 0 radical (unpaired) electrons. The van der Waals surface area contributed by atoms with Gasteiger partial charge in [0.2, 0.25) is 0 Å². The van der Waals surface area contributed by atoms with E-state index in [1.54, 1.807) is 7.11 Å². The topological polar surface area (TPSA) is 42.3 Å². The molecule has 1 fully saturated rings. The van der Waals surface area contributed by atoms with Gasteiger partial charge in [-0.25, -0.2) is 0 Å². The maximum atomic E-state index is 5.91. The van der Waals surface area contributed by atoms with Crippen molar-refractivity contribution < 1.29 is 4.74 Å². The van der Waals surface area contributed by atoms with Gasteiger partial charge in [-0.05, 0) is 86.1 Å². The van der Waals surface area contributed by atoms with E-state index in [0.717, 1.165) is 34.9 Å². The molecule has 1 aliphatic heterocycles. The fraction of sp³-hybridized carbons (Fsp3) is 0.241. The van der Waals surface area contributed by atoms with Crippen LogP contribution in [0.1, 0.15) is 47.2 Å². The van der Waals surface area contributed by atoms with Crippen molar-refractivity contribution in [2.24, 2.45) is 0 Å². The summed E-state index contributed by atoms with van der Waals surface area (Å²) >= 11 is 5.91. The van der Waals surface area contributed by atoms with Gasteiger partial charge in [-0.1, -0.05) is 31.2 Å². The molecule has 6 heteroatoms. The smallest absolute Gasteiger partial charge is 0.174 e. The maximum Gasteiger partial charge on any atom is 0.174 e. The molecule has 1 N–H and O–H groups in total. The molecule has 0 amide bonds. The molecule has 3 heterocycles. The summed E-state index contributed by atoms with van der Waals surface area (Å²) in [6.45, 7) is 6.49. The number of nitrogens with zero attached hydrogens (tertiary/aromatic N) is 3. The van der Waals surface area contributed by atoms with Gasteiger partial charge >= 0.3 is 0 Å². The molecule has 1 saturated heterocycles. The zero-order chi connectivity index (χ0) is 24.5. The van der Waals surface area contributed by atoms with Gasteiger partial charge < -0.3 is 19.5 Å². The summed E-state index contributed by atoms with van der Waals surface area (Å²) in [4.78, 5) is 6.94. The Bertz CT molecular complexity index is 1350. The molecule has 2 aromatic heterocycles. The van der Waals surface area contributed by atoms with Crippen molar-refractivity contribution in [1.82, 2.24) is 14.9 Å². The number of ether oxygens (including phenoxy) is 1. The van der Waals surface area contributed by atoms with E-state index < -0.39 is 0 Å². The van der Waals surface area contributed by atoms with Crippen LogP contribution in [0.25, 0.3) is 5.69 Å². The molecule has 178 valence electrons. The Balaban J connectivity index is 1.66. The Hall–Kier alpha value is -3.64. The highest BCUT2D eigenvalue weighted by atomic mass is 32.1. The molecule has 0 unspecified atom stereocenters. The van der Waals surface area contributed by atoms with Gasteiger partial charge in [-0.2, -0.15) is 0 Å². The SMILES string of the molecule is CCc1ccc(N2C(=S)N[C@H](c3ccccn3)[C@@H]2c2cc(C)n(-c3cccc(OC)c3)c2C)cc1. The third-order valence-corrected chi connectivity index (χ3v) is 7.14. The number of aryl methyl sites for hydroxylation is 2. The van der Waals surface area contributed by atoms with Crippen LogP contribution in [0.3, 0.4) is 0 Å². The highest BCUT2D eigenvalue weighted by Gasteiger charge is 2.42. The number of rotatable bonds is 6. The largest absolute Gasteiger partial charge is 0.497 e. The van der Waals surface area contributed by atoms with E-state index in [4.69, 9.17) is 21.9 Å². The fourth-order valence-corrected chi connectivity index (χ4v) is 5.42. The minimum atomic E-state index is -0.0752. The number of pyridine rings is 1. The number of nitrogens with one attached hydrogen (secondary N) is 1. The first kappa shape index (κ1) is 23.1. The Morgan fingerprint density at radius 2 is 1.77 bits per heavy atom. The quantitative estimate of drug-likeness (QED) is 0.330. The van der Waals surface area contributed by atoms with Crippen LogP contribution >= 0.6 is 12.2 Å². The summed E-state index contributed by atoms with van der Waals surface area (Å²) in [5.41, 5.74) is 7.97. The van der Waals surface area contributed by atoms with Crippen molar-refractivity contribution in [3.8, 4) is 11.4 Å². The lowest BCUT2D eigenvalue weighted by Gasteiger charge is -2.28. The first-order valence-electron chi connectivity index (χ1n) is 11.9. The Labute approximate surface area is 212 Å². The lowest BCUT2D eigenvalue weighted by atomic mass is 9.96. The Morgan fingerprint density at radius 3 is 2.46 bits per heavy atom. The normalized spacial score (nSPS) is 17.5. The molecule has 5 rings (SSSR count). The summed E-state index contributed by atoms with van der Waals surface area (Å²) in [5.74, 6) is 0.837. The zero-order valence-electron chi connectivity index (χ0n) is 20.5. The number of methoxy groups -OCH3 is 1. The first-order valence-corrected chi connectivity index (χ1v) is 12.4. The van der Waals surface area contributed by atoms with Crippen LogP contribution in [-0.2, 0) is 6.42 Å². The molecule has 5 nitrogen and oxygen atoms in total. The van der Waals surface area contributed by atoms with Crippen molar-refractivity contribution in [3.63, 3.8) is 0 Å².